The fourth-order valence-electron chi connectivity index (χ4n) is 3.55. The van der Waals surface area contributed by atoms with Crippen molar-refractivity contribution < 1.29 is 9.59 Å². The quantitative estimate of drug-likeness (QED) is 0.648. The van der Waals surface area contributed by atoms with Gasteiger partial charge in [-0.25, -0.2) is 4.98 Å². The van der Waals surface area contributed by atoms with Gasteiger partial charge in [0.25, 0.3) is 0 Å². The molecule has 1 fully saturated rings. The number of aldehydes is 1. The Balaban J connectivity index is 1.75. The molecule has 2 aromatic heterocycles. The lowest BCUT2D eigenvalue weighted by Crippen LogP contribution is -2.29. The highest BCUT2D eigenvalue weighted by atomic mass is 16.2. The summed E-state index contributed by atoms with van der Waals surface area (Å²) in [5, 5.41) is 4.04. The first-order chi connectivity index (χ1) is 11.7. The molecule has 1 N–H and O–H groups in total. The molecule has 2 aliphatic rings. The van der Waals surface area contributed by atoms with Crippen LogP contribution < -0.4 is 5.32 Å². The predicted molar refractivity (Wildman–Crippen MR) is 91.6 cm³/mol. The minimum atomic E-state index is -0.135. The maximum Gasteiger partial charge on any atom is 0.223 e. The van der Waals surface area contributed by atoms with Gasteiger partial charge in [0.2, 0.25) is 5.91 Å². The van der Waals surface area contributed by atoms with Crippen molar-refractivity contribution in [1.82, 2.24) is 14.9 Å². The second-order valence-corrected chi connectivity index (χ2v) is 6.82. The Kier molecular flexibility index (Phi) is 3.71. The summed E-state index contributed by atoms with van der Waals surface area (Å²) in [5.74, 6) is 0.748. The van der Waals surface area contributed by atoms with Crippen LogP contribution in [-0.2, 0) is 11.3 Å². The summed E-state index contributed by atoms with van der Waals surface area (Å²) in [5.41, 5.74) is 2.29. The van der Waals surface area contributed by atoms with Crippen LogP contribution in [0.5, 0.6) is 0 Å². The van der Waals surface area contributed by atoms with Crippen LogP contribution in [0, 0.1) is 11.8 Å². The van der Waals surface area contributed by atoms with E-state index in [4.69, 9.17) is 4.98 Å². The average Bonchev–Trinajstić information content (AvgIpc) is 3.27. The number of nitrogens with one attached hydrogen (secondary N) is 1. The van der Waals surface area contributed by atoms with Crippen LogP contribution in [0.4, 0.5) is 0 Å². The maximum atomic E-state index is 12.3. The molecular weight excluding hydrogens is 302 g/mol. The number of hydrogen-bond donors (Lipinski definition) is 1. The molecule has 124 valence electrons. The zero-order chi connectivity index (χ0) is 16.7. The number of rotatable bonds is 1. The first-order valence-electron chi connectivity index (χ1n) is 8.58. The van der Waals surface area contributed by atoms with Gasteiger partial charge in [-0.05, 0) is 50.3 Å². The number of amides is 1. The fraction of sp³-hybridized carbons (Fsp3) is 0.421. The Bertz CT molecular complexity index is 836. The molecule has 0 saturated heterocycles. The van der Waals surface area contributed by atoms with E-state index in [1.165, 1.54) is 0 Å². The van der Waals surface area contributed by atoms with Crippen molar-refractivity contribution in [2.45, 2.75) is 38.8 Å². The second kappa shape index (κ2) is 5.89. The molecule has 4 rings (SSSR count). The van der Waals surface area contributed by atoms with Gasteiger partial charge >= 0.3 is 0 Å². The molecule has 0 spiro atoms. The van der Waals surface area contributed by atoms with Crippen LogP contribution in [0.3, 0.4) is 0 Å². The lowest BCUT2D eigenvalue weighted by molar-refractivity contribution is -0.123. The molecule has 24 heavy (non-hydrogen) atoms. The number of fused-ring (bicyclic) bond motifs is 2. The van der Waals surface area contributed by atoms with Crippen molar-refractivity contribution in [3.8, 4) is 0 Å². The fourth-order valence-corrected chi connectivity index (χ4v) is 3.55. The number of aromatic nitrogens is 2. The molecule has 2 aromatic rings. The van der Waals surface area contributed by atoms with E-state index in [-0.39, 0.29) is 17.9 Å². The van der Waals surface area contributed by atoms with Crippen molar-refractivity contribution >= 4 is 23.2 Å². The first kappa shape index (κ1) is 15.1. The van der Waals surface area contributed by atoms with Crippen LogP contribution in [-0.4, -0.2) is 21.7 Å². The molecule has 0 aromatic carbocycles. The first-order valence-corrected chi connectivity index (χ1v) is 8.58. The Morgan fingerprint density at radius 2 is 2.21 bits per heavy atom. The van der Waals surface area contributed by atoms with Gasteiger partial charge in [0, 0.05) is 17.8 Å². The molecule has 3 atom stereocenters. The summed E-state index contributed by atoms with van der Waals surface area (Å²) in [6.45, 7) is 2.70. The van der Waals surface area contributed by atoms with E-state index in [9.17, 15) is 9.59 Å². The molecule has 0 radical (unpaired) electrons. The number of aryl methyl sites for hydroxylation is 1. The van der Waals surface area contributed by atoms with E-state index in [2.05, 4.69) is 17.5 Å². The van der Waals surface area contributed by atoms with Crippen molar-refractivity contribution in [2.24, 2.45) is 11.8 Å². The van der Waals surface area contributed by atoms with Crippen molar-refractivity contribution in [2.75, 3.05) is 0 Å². The van der Waals surface area contributed by atoms with Gasteiger partial charge < -0.3 is 9.88 Å². The summed E-state index contributed by atoms with van der Waals surface area (Å²) in [6.07, 6.45) is 7.98. The van der Waals surface area contributed by atoms with Crippen molar-refractivity contribution in [1.29, 1.82) is 0 Å². The van der Waals surface area contributed by atoms with Crippen molar-refractivity contribution in [3.05, 3.63) is 41.7 Å². The van der Waals surface area contributed by atoms with E-state index in [0.29, 0.717) is 11.6 Å². The Labute approximate surface area is 140 Å². The van der Waals surface area contributed by atoms with Crippen LogP contribution in [0.25, 0.3) is 11.0 Å². The number of pyridine rings is 1. The highest BCUT2D eigenvalue weighted by Crippen LogP contribution is 2.42. The number of carbonyl (C=O) groups is 2. The second-order valence-electron chi connectivity index (χ2n) is 6.82. The minimum Gasteiger partial charge on any atom is -0.348 e. The molecule has 1 aliphatic heterocycles. The number of allylic oxidation sites excluding steroid dienone is 2. The Hall–Kier alpha value is -2.43. The Morgan fingerprint density at radius 3 is 3.04 bits per heavy atom. The summed E-state index contributed by atoms with van der Waals surface area (Å²) < 4.78 is 1.97. The molecule has 5 heteroatoms. The van der Waals surface area contributed by atoms with E-state index in [0.717, 1.165) is 48.8 Å². The van der Waals surface area contributed by atoms with Gasteiger partial charge in [0.15, 0.2) is 6.29 Å². The smallest absolute Gasteiger partial charge is 0.223 e. The van der Waals surface area contributed by atoms with Gasteiger partial charge in [0.05, 0.1) is 17.4 Å². The molecule has 1 saturated carbocycles. The van der Waals surface area contributed by atoms with Crippen LogP contribution in [0.15, 0.2) is 30.4 Å². The topological polar surface area (TPSA) is 64.0 Å². The highest BCUT2D eigenvalue weighted by Gasteiger charge is 2.42. The summed E-state index contributed by atoms with van der Waals surface area (Å²) in [6, 6.07) is 5.65. The summed E-state index contributed by atoms with van der Waals surface area (Å²) >= 11 is 0. The van der Waals surface area contributed by atoms with E-state index in [1.54, 1.807) is 0 Å². The molecule has 5 nitrogen and oxygen atoms in total. The molecular formula is C19H21N3O2. The predicted octanol–water partition coefficient (Wildman–Crippen LogP) is 3.01. The van der Waals surface area contributed by atoms with Gasteiger partial charge in [-0.15, -0.1) is 0 Å². The van der Waals surface area contributed by atoms with Gasteiger partial charge in [-0.1, -0.05) is 12.2 Å². The summed E-state index contributed by atoms with van der Waals surface area (Å²) in [7, 11) is 0. The lowest BCUT2D eigenvalue weighted by atomic mass is 10.1. The van der Waals surface area contributed by atoms with E-state index in [1.807, 2.05) is 29.7 Å². The third kappa shape index (κ3) is 2.64. The van der Waals surface area contributed by atoms with E-state index >= 15 is 0 Å². The number of nitrogens with zero attached hydrogens (tertiary/aromatic N) is 2. The molecule has 2 bridgehead atoms. The monoisotopic (exact) mass is 323 g/mol. The Morgan fingerprint density at radius 1 is 1.33 bits per heavy atom. The molecule has 0 unspecified atom stereocenters. The average molecular weight is 323 g/mol. The summed E-state index contributed by atoms with van der Waals surface area (Å²) in [4.78, 5) is 28.5. The van der Waals surface area contributed by atoms with Gasteiger partial charge in [-0.3, -0.25) is 9.59 Å². The minimum absolute atomic E-state index is 0.129. The van der Waals surface area contributed by atoms with E-state index < -0.39 is 0 Å². The number of hydrogen-bond acceptors (Lipinski definition) is 3. The van der Waals surface area contributed by atoms with Crippen LogP contribution >= 0.6 is 0 Å². The third-order valence-corrected chi connectivity index (χ3v) is 5.10. The van der Waals surface area contributed by atoms with Gasteiger partial charge in [-0.2, -0.15) is 0 Å². The SMILES string of the molecule is C[C@H]1NC(=O)[C@@H]2C[C@H]2C/C=C\CCn2c(C=O)cc3ccc1nc32. The number of carbonyl (C=O) groups excluding carboxylic acids is 2. The zero-order valence-corrected chi connectivity index (χ0v) is 13.7. The molecule has 3 heterocycles. The van der Waals surface area contributed by atoms with Gasteiger partial charge in [0.1, 0.15) is 5.65 Å². The maximum absolute atomic E-state index is 12.3. The third-order valence-electron chi connectivity index (χ3n) is 5.10. The zero-order valence-electron chi connectivity index (χ0n) is 13.7. The highest BCUT2D eigenvalue weighted by molar-refractivity contribution is 5.87. The van der Waals surface area contributed by atoms with Crippen molar-refractivity contribution in [3.63, 3.8) is 0 Å². The molecule has 1 amide bonds. The van der Waals surface area contributed by atoms with Crippen LogP contribution in [0.1, 0.15) is 48.4 Å². The van der Waals surface area contributed by atoms with Crippen LogP contribution in [0.2, 0.25) is 0 Å². The standard InChI is InChI=1S/C19H21N3O2/c1-12-17-7-6-14-9-15(11-23)22(18(14)21-17)8-4-2-3-5-13-10-16(13)19(24)20-12/h2-3,6-7,9,11-13,16H,4-5,8,10H2,1H3,(H,20,24)/b3-2-/t12-,13-,16-/m1/s1. The normalized spacial score (nSPS) is 28.0. The molecule has 1 aliphatic carbocycles. The largest absolute Gasteiger partial charge is 0.348 e. The lowest BCUT2D eigenvalue weighted by Gasteiger charge is -2.15.